The van der Waals surface area contributed by atoms with Crippen LogP contribution in [0, 0.1) is 0 Å². The zero-order chi connectivity index (χ0) is 20.6. The average molecular weight is 385 g/mol. The number of nitrogens with two attached hydrogens (primary N) is 1. The Bertz CT molecular complexity index is 714. The molecule has 0 spiro atoms. The summed E-state index contributed by atoms with van der Waals surface area (Å²) in [7, 11) is 0. The summed E-state index contributed by atoms with van der Waals surface area (Å²) in [5, 5.41) is 13.6. The summed E-state index contributed by atoms with van der Waals surface area (Å²) in [6, 6.07) is 19.0. The molecule has 0 aliphatic rings. The zero-order valence-electron chi connectivity index (χ0n) is 17.0. The minimum atomic E-state index is -0.746. The molecular formula is C23H32N2O3. The van der Waals surface area contributed by atoms with Crippen molar-refractivity contribution in [2.24, 2.45) is 5.73 Å². The molecule has 0 aliphatic heterocycles. The third-order valence-corrected chi connectivity index (χ3v) is 4.38. The lowest BCUT2D eigenvalue weighted by Crippen LogP contribution is -2.46. The first-order valence-corrected chi connectivity index (χ1v) is 9.74. The van der Waals surface area contributed by atoms with Crippen molar-refractivity contribution in [2.45, 2.75) is 63.8 Å². The molecule has 0 heterocycles. The van der Waals surface area contributed by atoms with Crippen molar-refractivity contribution < 1.29 is 14.6 Å². The minimum Gasteiger partial charge on any atom is -0.444 e. The molecule has 0 bridgehead atoms. The van der Waals surface area contributed by atoms with Gasteiger partial charge in [0, 0.05) is 12.1 Å². The Labute approximate surface area is 167 Å². The highest BCUT2D eigenvalue weighted by Gasteiger charge is 2.24. The second-order valence-electron chi connectivity index (χ2n) is 8.19. The molecule has 28 heavy (non-hydrogen) atoms. The summed E-state index contributed by atoms with van der Waals surface area (Å²) in [5.41, 5.74) is 7.80. The molecule has 4 N–H and O–H groups in total. The van der Waals surface area contributed by atoms with Gasteiger partial charge < -0.3 is 20.9 Å². The molecule has 2 aromatic carbocycles. The van der Waals surface area contributed by atoms with Gasteiger partial charge in [0.2, 0.25) is 0 Å². The van der Waals surface area contributed by atoms with Gasteiger partial charge in [-0.1, -0.05) is 60.7 Å². The number of aliphatic hydroxyl groups excluding tert-OH is 1. The maximum atomic E-state index is 12.3. The van der Waals surface area contributed by atoms with Crippen LogP contribution in [-0.4, -0.2) is 35.0 Å². The van der Waals surface area contributed by atoms with E-state index < -0.39 is 23.8 Å². The highest BCUT2D eigenvalue weighted by molar-refractivity contribution is 5.68. The first-order chi connectivity index (χ1) is 13.2. The van der Waals surface area contributed by atoms with Crippen LogP contribution in [0.4, 0.5) is 4.79 Å². The van der Waals surface area contributed by atoms with Crippen LogP contribution in [0.2, 0.25) is 0 Å². The smallest absolute Gasteiger partial charge is 0.407 e. The standard InChI is InChI=1S/C23H32N2O3/c1-23(2,3)28-22(27)25-19(14-17-10-6-4-7-11-17)16-21(26)20(24)15-18-12-8-5-9-13-18/h4-13,19-21,26H,14-16,24H2,1-3H3,(H,25,27)/t19-,20?,21?/m0/s1. The molecule has 0 aromatic heterocycles. The summed E-state index contributed by atoms with van der Waals surface area (Å²) in [4.78, 5) is 12.3. The number of alkyl carbamates (subject to hydrolysis) is 1. The molecule has 5 heteroatoms. The number of hydrogen-bond donors (Lipinski definition) is 3. The Morgan fingerprint density at radius 2 is 1.50 bits per heavy atom. The number of ether oxygens (including phenoxy) is 1. The fourth-order valence-electron chi connectivity index (χ4n) is 3.05. The summed E-state index contributed by atoms with van der Waals surface area (Å²) >= 11 is 0. The van der Waals surface area contributed by atoms with Gasteiger partial charge in [-0.05, 0) is 51.2 Å². The predicted octanol–water partition coefficient (Wildman–Crippen LogP) is 3.44. The Morgan fingerprint density at radius 1 is 1.00 bits per heavy atom. The maximum Gasteiger partial charge on any atom is 0.407 e. The quantitative estimate of drug-likeness (QED) is 0.651. The van der Waals surface area contributed by atoms with Gasteiger partial charge in [0.05, 0.1) is 6.10 Å². The molecule has 2 rings (SSSR count). The fourth-order valence-corrected chi connectivity index (χ4v) is 3.05. The van der Waals surface area contributed by atoms with E-state index in [0.717, 1.165) is 11.1 Å². The number of aliphatic hydroxyl groups is 1. The second-order valence-corrected chi connectivity index (χ2v) is 8.19. The monoisotopic (exact) mass is 384 g/mol. The molecule has 0 fully saturated rings. The van der Waals surface area contributed by atoms with Crippen molar-refractivity contribution >= 4 is 6.09 Å². The topological polar surface area (TPSA) is 84.6 Å². The SMILES string of the molecule is CC(C)(C)OC(=O)N[C@@H](Cc1ccccc1)CC(O)C(N)Cc1ccccc1. The molecular weight excluding hydrogens is 352 g/mol. The summed E-state index contributed by atoms with van der Waals surface area (Å²) < 4.78 is 5.38. The van der Waals surface area contributed by atoms with E-state index in [1.54, 1.807) is 0 Å². The largest absolute Gasteiger partial charge is 0.444 e. The highest BCUT2D eigenvalue weighted by atomic mass is 16.6. The van der Waals surface area contributed by atoms with Crippen molar-refractivity contribution in [3.8, 4) is 0 Å². The average Bonchev–Trinajstić information content (AvgIpc) is 2.61. The van der Waals surface area contributed by atoms with E-state index in [1.165, 1.54) is 0 Å². The number of carbonyl (C=O) groups excluding carboxylic acids is 1. The minimum absolute atomic E-state index is 0.283. The number of benzene rings is 2. The van der Waals surface area contributed by atoms with E-state index >= 15 is 0 Å². The van der Waals surface area contributed by atoms with Gasteiger partial charge >= 0.3 is 6.09 Å². The summed E-state index contributed by atoms with van der Waals surface area (Å²) in [6.45, 7) is 5.47. The lowest BCUT2D eigenvalue weighted by Gasteiger charge is -2.27. The molecule has 2 unspecified atom stereocenters. The van der Waals surface area contributed by atoms with Crippen molar-refractivity contribution in [3.63, 3.8) is 0 Å². The lowest BCUT2D eigenvalue weighted by molar-refractivity contribution is 0.0475. The Hall–Kier alpha value is -2.37. The van der Waals surface area contributed by atoms with E-state index in [-0.39, 0.29) is 6.04 Å². The molecule has 0 saturated heterocycles. The maximum absolute atomic E-state index is 12.3. The van der Waals surface area contributed by atoms with Crippen molar-refractivity contribution in [1.29, 1.82) is 0 Å². The van der Waals surface area contributed by atoms with Crippen LogP contribution >= 0.6 is 0 Å². The molecule has 2 aromatic rings. The molecule has 1 amide bonds. The number of nitrogens with one attached hydrogen (secondary N) is 1. The number of carbonyl (C=O) groups is 1. The first kappa shape index (κ1) is 21.9. The molecule has 5 nitrogen and oxygen atoms in total. The van der Waals surface area contributed by atoms with E-state index in [0.29, 0.717) is 19.3 Å². The van der Waals surface area contributed by atoms with Gasteiger partial charge in [0.1, 0.15) is 5.60 Å². The van der Waals surface area contributed by atoms with Crippen molar-refractivity contribution in [3.05, 3.63) is 71.8 Å². The Balaban J connectivity index is 2.01. The first-order valence-electron chi connectivity index (χ1n) is 9.74. The number of rotatable bonds is 8. The summed E-state index contributed by atoms with van der Waals surface area (Å²) in [6.07, 6.45) is 0.283. The van der Waals surface area contributed by atoms with Gasteiger partial charge in [0.25, 0.3) is 0 Å². The van der Waals surface area contributed by atoms with Crippen LogP contribution < -0.4 is 11.1 Å². The van der Waals surface area contributed by atoms with Crippen LogP contribution in [0.15, 0.2) is 60.7 Å². The van der Waals surface area contributed by atoms with Gasteiger partial charge in [-0.25, -0.2) is 4.79 Å². The van der Waals surface area contributed by atoms with E-state index in [1.807, 2.05) is 81.4 Å². The molecule has 0 aliphatic carbocycles. The Kier molecular flexibility index (Phi) is 8.03. The van der Waals surface area contributed by atoms with Gasteiger partial charge in [0.15, 0.2) is 0 Å². The third-order valence-electron chi connectivity index (χ3n) is 4.38. The second kappa shape index (κ2) is 10.2. The molecule has 0 radical (unpaired) electrons. The number of hydrogen-bond acceptors (Lipinski definition) is 4. The molecule has 0 saturated carbocycles. The normalized spacial score (nSPS) is 14.8. The van der Waals surface area contributed by atoms with Crippen LogP contribution in [0.1, 0.15) is 38.3 Å². The molecule has 3 atom stereocenters. The lowest BCUT2D eigenvalue weighted by atomic mass is 9.94. The van der Waals surface area contributed by atoms with Crippen LogP contribution in [-0.2, 0) is 17.6 Å². The number of amides is 1. The van der Waals surface area contributed by atoms with Gasteiger partial charge in [-0.15, -0.1) is 0 Å². The Morgan fingerprint density at radius 3 is 2.00 bits per heavy atom. The van der Waals surface area contributed by atoms with Gasteiger partial charge in [-0.2, -0.15) is 0 Å². The summed E-state index contributed by atoms with van der Waals surface area (Å²) in [5.74, 6) is 0. The highest BCUT2D eigenvalue weighted by Crippen LogP contribution is 2.14. The van der Waals surface area contributed by atoms with Gasteiger partial charge in [-0.3, -0.25) is 0 Å². The third kappa shape index (κ3) is 8.11. The van der Waals surface area contributed by atoms with E-state index in [9.17, 15) is 9.90 Å². The van der Waals surface area contributed by atoms with Crippen molar-refractivity contribution in [2.75, 3.05) is 0 Å². The van der Waals surface area contributed by atoms with Crippen LogP contribution in [0.3, 0.4) is 0 Å². The zero-order valence-corrected chi connectivity index (χ0v) is 17.0. The van der Waals surface area contributed by atoms with Crippen LogP contribution in [0.5, 0.6) is 0 Å². The van der Waals surface area contributed by atoms with Crippen LogP contribution in [0.25, 0.3) is 0 Å². The fraction of sp³-hybridized carbons (Fsp3) is 0.435. The predicted molar refractivity (Wildman–Crippen MR) is 112 cm³/mol. The van der Waals surface area contributed by atoms with Crippen molar-refractivity contribution in [1.82, 2.24) is 5.32 Å². The molecule has 152 valence electrons. The van der Waals surface area contributed by atoms with E-state index in [4.69, 9.17) is 10.5 Å². The van der Waals surface area contributed by atoms with E-state index in [2.05, 4.69) is 5.32 Å².